The first-order valence-corrected chi connectivity index (χ1v) is 8.48. The number of carbonyl (C=O) groups is 2. The van der Waals surface area contributed by atoms with Crippen LogP contribution in [0.4, 0.5) is 18.0 Å². The van der Waals surface area contributed by atoms with Gasteiger partial charge in [0, 0.05) is 13.7 Å². The molecule has 0 aliphatic carbocycles. The molecular formula is C18H19F3N4O3. The van der Waals surface area contributed by atoms with E-state index in [4.69, 9.17) is 4.74 Å². The van der Waals surface area contributed by atoms with Crippen molar-refractivity contribution in [3.05, 3.63) is 59.1 Å². The number of carbonyl (C=O) groups excluding carboxylic acids is 2. The Balaban J connectivity index is 1.79. The number of nitrogens with one attached hydrogen (secondary N) is 3. The molecule has 2 aliphatic heterocycles. The molecule has 0 fully saturated rings. The Morgan fingerprint density at radius 2 is 2.04 bits per heavy atom. The van der Waals surface area contributed by atoms with Crippen LogP contribution in [0.3, 0.4) is 0 Å². The van der Waals surface area contributed by atoms with Crippen LogP contribution in [0.15, 0.2) is 47.9 Å². The second kappa shape index (κ2) is 7.93. The van der Waals surface area contributed by atoms with E-state index in [0.717, 1.165) is 12.1 Å². The minimum absolute atomic E-state index is 0.0520. The molecule has 0 bridgehead atoms. The van der Waals surface area contributed by atoms with E-state index in [1.807, 2.05) is 0 Å². The zero-order valence-corrected chi connectivity index (χ0v) is 15.0. The summed E-state index contributed by atoms with van der Waals surface area (Å²) in [6, 6.07) is 3.24. The van der Waals surface area contributed by atoms with Crippen molar-refractivity contribution in [3.63, 3.8) is 0 Å². The molecule has 3 N–H and O–H groups in total. The van der Waals surface area contributed by atoms with E-state index < -0.39 is 23.8 Å². The fourth-order valence-corrected chi connectivity index (χ4v) is 2.95. The fraction of sp³-hybridized carbons (Fsp3) is 0.333. The Morgan fingerprint density at radius 1 is 1.32 bits per heavy atom. The van der Waals surface area contributed by atoms with E-state index in [1.165, 1.54) is 24.1 Å². The quantitative estimate of drug-likeness (QED) is 0.726. The van der Waals surface area contributed by atoms with Crippen molar-refractivity contribution in [2.24, 2.45) is 0 Å². The first kappa shape index (κ1) is 19.7. The predicted molar refractivity (Wildman–Crippen MR) is 93.6 cm³/mol. The number of benzene rings is 1. The van der Waals surface area contributed by atoms with E-state index in [0.29, 0.717) is 23.6 Å². The number of nitrogens with zero attached hydrogens (tertiary/aromatic N) is 1. The summed E-state index contributed by atoms with van der Waals surface area (Å²) in [7, 11) is 1.42. The number of urea groups is 1. The molecule has 0 radical (unpaired) electrons. The Kier molecular flexibility index (Phi) is 5.59. The molecule has 3 amide bonds. The van der Waals surface area contributed by atoms with Crippen LogP contribution in [-0.2, 0) is 15.7 Å². The van der Waals surface area contributed by atoms with Crippen LogP contribution in [0.25, 0.3) is 0 Å². The predicted octanol–water partition coefficient (Wildman–Crippen LogP) is 1.86. The molecule has 1 atom stereocenters. The van der Waals surface area contributed by atoms with Gasteiger partial charge >= 0.3 is 12.2 Å². The number of methoxy groups -OCH3 is 1. The third kappa shape index (κ3) is 4.28. The van der Waals surface area contributed by atoms with Gasteiger partial charge in [0.2, 0.25) is 5.91 Å². The number of allylic oxidation sites excluding steroid dienone is 1. The van der Waals surface area contributed by atoms with Gasteiger partial charge in [-0.25, -0.2) is 4.79 Å². The van der Waals surface area contributed by atoms with Crippen molar-refractivity contribution >= 4 is 11.9 Å². The van der Waals surface area contributed by atoms with Crippen LogP contribution < -0.4 is 16.0 Å². The normalized spacial score (nSPS) is 17.6. The lowest BCUT2D eigenvalue weighted by molar-refractivity contribution is -0.137. The lowest BCUT2D eigenvalue weighted by Gasteiger charge is -2.34. The van der Waals surface area contributed by atoms with Crippen molar-refractivity contribution in [2.45, 2.75) is 12.2 Å². The van der Waals surface area contributed by atoms with Crippen LogP contribution in [0, 0.1) is 0 Å². The van der Waals surface area contributed by atoms with Crippen molar-refractivity contribution in [3.8, 4) is 0 Å². The summed E-state index contributed by atoms with van der Waals surface area (Å²) in [5, 5.41) is 8.42. The van der Waals surface area contributed by atoms with Crippen molar-refractivity contribution in [1.82, 2.24) is 20.9 Å². The topological polar surface area (TPSA) is 82.7 Å². The van der Waals surface area contributed by atoms with Gasteiger partial charge in [-0.05, 0) is 23.8 Å². The van der Waals surface area contributed by atoms with Gasteiger partial charge in [-0.2, -0.15) is 13.2 Å². The smallest absolute Gasteiger partial charge is 0.382 e. The molecule has 0 saturated heterocycles. The molecule has 1 aromatic rings. The molecule has 2 aliphatic rings. The summed E-state index contributed by atoms with van der Waals surface area (Å²) in [6.07, 6.45) is -0.940. The molecule has 150 valence electrons. The highest BCUT2D eigenvalue weighted by atomic mass is 19.4. The highest BCUT2D eigenvalue weighted by molar-refractivity contribution is 5.89. The molecule has 1 aromatic carbocycles. The van der Waals surface area contributed by atoms with Gasteiger partial charge < -0.3 is 20.7 Å². The summed E-state index contributed by atoms with van der Waals surface area (Å²) >= 11 is 0. The molecule has 0 saturated carbocycles. The second-order valence-electron chi connectivity index (χ2n) is 6.26. The van der Waals surface area contributed by atoms with Crippen LogP contribution in [0.5, 0.6) is 0 Å². The lowest BCUT2D eigenvalue weighted by atomic mass is 10.1. The van der Waals surface area contributed by atoms with E-state index in [1.54, 1.807) is 12.2 Å². The molecule has 2 heterocycles. The molecular weight excluding hydrogens is 377 g/mol. The van der Waals surface area contributed by atoms with Crippen LogP contribution in [0.1, 0.15) is 17.2 Å². The molecule has 10 heteroatoms. The van der Waals surface area contributed by atoms with Crippen LogP contribution in [0.2, 0.25) is 0 Å². The van der Waals surface area contributed by atoms with E-state index in [2.05, 4.69) is 16.0 Å². The molecule has 1 unspecified atom stereocenters. The number of hydrogen-bond donors (Lipinski definition) is 3. The van der Waals surface area contributed by atoms with Gasteiger partial charge in [-0.3, -0.25) is 9.69 Å². The third-order valence-corrected chi connectivity index (χ3v) is 4.29. The van der Waals surface area contributed by atoms with Gasteiger partial charge in [-0.15, -0.1) is 0 Å². The largest absolute Gasteiger partial charge is 0.416 e. The minimum Gasteiger partial charge on any atom is -0.382 e. The highest BCUT2D eigenvalue weighted by Crippen LogP contribution is 2.30. The Labute approximate surface area is 159 Å². The fourth-order valence-electron chi connectivity index (χ4n) is 2.95. The standard InChI is InChI=1S/C18H19F3N4O3/c1-28-10-14(11-4-6-12(7-5-11)18(19,20)21)24-17(27)25-9-15(26)23-13-3-2-8-22-16(13)25/h2-7,14,22H,8-10H2,1H3,(H,23,26)(H,24,27). The highest BCUT2D eigenvalue weighted by Gasteiger charge is 2.32. The lowest BCUT2D eigenvalue weighted by Crippen LogP contribution is -2.54. The molecule has 28 heavy (non-hydrogen) atoms. The number of dihydropyridines is 1. The van der Waals surface area contributed by atoms with Gasteiger partial charge in [0.1, 0.15) is 12.4 Å². The zero-order valence-electron chi connectivity index (χ0n) is 15.0. The molecule has 0 spiro atoms. The SMILES string of the molecule is COCC(NC(=O)N1CC(=O)NC2=C1NCC=C2)c1ccc(C(F)(F)F)cc1. The van der Waals surface area contributed by atoms with Gasteiger partial charge in [0.15, 0.2) is 0 Å². The summed E-state index contributed by atoms with van der Waals surface area (Å²) in [6.45, 7) is 0.369. The monoisotopic (exact) mass is 396 g/mol. The number of hydrogen-bond acceptors (Lipinski definition) is 4. The minimum atomic E-state index is -4.44. The Bertz CT molecular complexity index is 818. The summed E-state index contributed by atoms with van der Waals surface area (Å²) in [5.41, 5.74) is 0.158. The van der Waals surface area contributed by atoms with E-state index in [-0.39, 0.29) is 19.1 Å². The van der Waals surface area contributed by atoms with Crippen molar-refractivity contribution in [1.29, 1.82) is 0 Å². The maximum Gasteiger partial charge on any atom is 0.416 e. The molecule has 3 rings (SSSR count). The van der Waals surface area contributed by atoms with E-state index >= 15 is 0 Å². The van der Waals surface area contributed by atoms with Crippen LogP contribution >= 0.6 is 0 Å². The summed E-state index contributed by atoms with van der Waals surface area (Å²) < 4.78 is 43.4. The number of halogens is 3. The van der Waals surface area contributed by atoms with E-state index in [9.17, 15) is 22.8 Å². The summed E-state index contributed by atoms with van der Waals surface area (Å²) in [5.74, 6) is 0.114. The Morgan fingerprint density at radius 3 is 2.68 bits per heavy atom. The van der Waals surface area contributed by atoms with Crippen LogP contribution in [-0.4, -0.2) is 43.6 Å². The number of ether oxygens (including phenoxy) is 1. The van der Waals surface area contributed by atoms with Crippen molar-refractivity contribution < 1.29 is 27.5 Å². The van der Waals surface area contributed by atoms with Crippen molar-refractivity contribution in [2.75, 3.05) is 26.8 Å². The number of amides is 3. The second-order valence-corrected chi connectivity index (χ2v) is 6.26. The number of rotatable bonds is 4. The van der Waals surface area contributed by atoms with Gasteiger partial charge in [0.05, 0.1) is 23.9 Å². The number of alkyl halides is 3. The average molecular weight is 396 g/mol. The average Bonchev–Trinajstić information content (AvgIpc) is 2.66. The zero-order chi connectivity index (χ0) is 20.3. The van der Waals surface area contributed by atoms with Gasteiger partial charge in [-0.1, -0.05) is 18.2 Å². The van der Waals surface area contributed by atoms with Gasteiger partial charge in [0.25, 0.3) is 0 Å². The first-order chi connectivity index (χ1) is 13.3. The summed E-state index contributed by atoms with van der Waals surface area (Å²) in [4.78, 5) is 25.9. The maximum atomic E-state index is 12.8. The Hall–Kier alpha value is -3.01. The maximum absolute atomic E-state index is 12.8. The molecule has 0 aromatic heterocycles. The first-order valence-electron chi connectivity index (χ1n) is 8.48. The molecule has 7 nitrogen and oxygen atoms in total. The third-order valence-electron chi connectivity index (χ3n) is 4.29.